The molecule has 2 aromatic rings. The van der Waals surface area contributed by atoms with Crippen molar-refractivity contribution in [2.24, 2.45) is 0 Å². The van der Waals surface area contributed by atoms with E-state index in [-0.39, 0.29) is 12.2 Å². The molecule has 2 amide bonds. The lowest BCUT2D eigenvalue weighted by atomic mass is 10.1. The summed E-state index contributed by atoms with van der Waals surface area (Å²) in [5.41, 5.74) is -0.305. The van der Waals surface area contributed by atoms with Gasteiger partial charge in [-0.1, -0.05) is 24.3 Å². The molecule has 10 heteroatoms. The van der Waals surface area contributed by atoms with Gasteiger partial charge >= 0.3 is 0 Å². The minimum absolute atomic E-state index is 0.0767. The standard InChI is InChI=1S/C23H29F2N3O4S/c1-16(22(30)26-23(2,3)4)27(14-17-10-12-18(24)13-11-17)21(29)15-28(33(5,31)32)20-9-7-6-8-19(20)25/h6-13,16H,14-15H2,1-5H3,(H,26,30)/t16-/m0/s1. The molecular weight excluding hydrogens is 452 g/mol. The van der Waals surface area contributed by atoms with E-state index < -0.39 is 51.6 Å². The molecule has 0 aromatic heterocycles. The van der Waals surface area contributed by atoms with E-state index in [4.69, 9.17) is 0 Å². The number of rotatable bonds is 8. The summed E-state index contributed by atoms with van der Waals surface area (Å²) in [5, 5.41) is 2.79. The fourth-order valence-electron chi connectivity index (χ4n) is 3.09. The second-order valence-electron chi connectivity index (χ2n) is 8.78. The van der Waals surface area contributed by atoms with Crippen LogP contribution in [0.5, 0.6) is 0 Å². The van der Waals surface area contributed by atoms with E-state index in [2.05, 4.69) is 5.32 Å². The van der Waals surface area contributed by atoms with Crippen LogP contribution in [0.1, 0.15) is 33.3 Å². The second kappa shape index (κ2) is 10.3. The van der Waals surface area contributed by atoms with Crippen molar-refractivity contribution >= 4 is 27.5 Å². The summed E-state index contributed by atoms with van der Waals surface area (Å²) in [4.78, 5) is 27.3. The van der Waals surface area contributed by atoms with Crippen molar-refractivity contribution in [3.05, 3.63) is 65.7 Å². The highest BCUT2D eigenvalue weighted by Gasteiger charge is 2.32. The maximum atomic E-state index is 14.3. The predicted molar refractivity (Wildman–Crippen MR) is 123 cm³/mol. The molecule has 1 atom stereocenters. The van der Waals surface area contributed by atoms with Gasteiger partial charge in [-0.2, -0.15) is 0 Å². The Bertz CT molecular complexity index is 1100. The van der Waals surface area contributed by atoms with Crippen molar-refractivity contribution in [3.63, 3.8) is 0 Å². The Morgan fingerprint density at radius 3 is 2.12 bits per heavy atom. The first-order chi connectivity index (χ1) is 15.2. The van der Waals surface area contributed by atoms with Crippen LogP contribution in [0.3, 0.4) is 0 Å². The molecule has 0 aliphatic heterocycles. The number of para-hydroxylation sites is 1. The van der Waals surface area contributed by atoms with Crippen LogP contribution in [0.15, 0.2) is 48.5 Å². The normalized spacial score (nSPS) is 12.7. The fraction of sp³-hybridized carbons (Fsp3) is 0.391. The topological polar surface area (TPSA) is 86.8 Å². The summed E-state index contributed by atoms with van der Waals surface area (Å²) >= 11 is 0. The molecule has 0 fully saturated rings. The van der Waals surface area contributed by atoms with Gasteiger partial charge in [-0.3, -0.25) is 13.9 Å². The molecule has 2 aromatic carbocycles. The van der Waals surface area contributed by atoms with Crippen LogP contribution in [-0.4, -0.2) is 49.5 Å². The summed E-state index contributed by atoms with van der Waals surface area (Å²) < 4.78 is 53.1. The maximum absolute atomic E-state index is 14.3. The molecule has 0 unspecified atom stereocenters. The molecule has 0 saturated heterocycles. The number of hydrogen-bond acceptors (Lipinski definition) is 4. The number of benzene rings is 2. The van der Waals surface area contributed by atoms with Gasteiger partial charge in [0.05, 0.1) is 11.9 Å². The summed E-state index contributed by atoms with van der Waals surface area (Å²) in [6.45, 7) is 6.07. The van der Waals surface area contributed by atoms with Crippen LogP contribution in [0.4, 0.5) is 14.5 Å². The molecule has 33 heavy (non-hydrogen) atoms. The fourth-order valence-corrected chi connectivity index (χ4v) is 3.94. The van der Waals surface area contributed by atoms with Crippen molar-refractivity contribution < 1.29 is 26.8 Å². The van der Waals surface area contributed by atoms with Gasteiger partial charge in [0.25, 0.3) is 0 Å². The van der Waals surface area contributed by atoms with Gasteiger partial charge in [-0.05, 0) is 57.5 Å². The second-order valence-corrected chi connectivity index (χ2v) is 10.7. The molecule has 7 nitrogen and oxygen atoms in total. The number of amides is 2. The van der Waals surface area contributed by atoms with Crippen molar-refractivity contribution in [1.82, 2.24) is 10.2 Å². The number of nitrogens with zero attached hydrogens (tertiary/aromatic N) is 2. The van der Waals surface area contributed by atoms with Gasteiger partial charge in [0.15, 0.2) is 0 Å². The molecule has 180 valence electrons. The Labute approximate surface area is 193 Å². The molecular formula is C23H29F2N3O4S. The van der Waals surface area contributed by atoms with Crippen LogP contribution in [0.25, 0.3) is 0 Å². The lowest BCUT2D eigenvalue weighted by Gasteiger charge is -2.33. The maximum Gasteiger partial charge on any atom is 0.244 e. The van der Waals surface area contributed by atoms with E-state index in [1.54, 1.807) is 20.8 Å². The molecule has 0 radical (unpaired) electrons. The number of hydrogen-bond donors (Lipinski definition) is 1. The van der Waals surface area contributed by atoms with Gasteiger partial charge in [0.2, 0.25) is 21.8 Å². The zero-order chi connectivity index (χ0) is 25.0. The van der Waals surface area contributed by atoms with Gasteiger partial charge in [0, 0.05) is 12.1 Å². The Morgan fingerprint density at radius 2 is 1.61 bits per heavy atom. The summed E-state index contributed by atoms with van der Waals surface area (Å²) in [7, 11) is -4.03. The van der Waals surface area contributed by atoms with E-state index in [0.29, 0.717) is 9.87 Å². The van der Waals surface area contributed by atoms with Crippen molar-refractivity contribution in [2.45, 2.75) is 45.8 Å². The number of carbonyl (C=O) groups excluding carboxylic acids is 2. The first kappa shape index (κ1) is 26.2. The lowest BCUT2D eigenvalue weighted by Crippen LogP contribution is -2.54. The Morgan fingerprint density at radius 1 is 1.03 bits per heavy atom. The first-order valence-electron chi connectivity index (χ1n) is 10.3. The van der Waals surface area contributed by atoms with E-state index in [0.717, 1.165) is 12.3 Å². The molecule has 0 spiro atoms. The quantitative estimate of drug-likeness (QED) is 0.628. The SMILES string of the molecule is C[C@@H](C(=O)NC(C)(C)C)N(Cc1ccc(F)cc1)C(=O)CN(c1ccccc1F)S(C)(=O)=O. The smallest absolute Gasteiger partial charge is 0.244 e. The number of anilines is 1. The van der Waals surface area contributed by atoms with Crippen LogP contribution in [0, 0.1) is 11.6 Å². The molecule has 1 N–H and O–H groups in total. The molecule has 0 aliphatic carbocycles. The van der Waals surface area contributed by atoms with Gasteiger partial charge in [-0.25, -0.2) is 17.2 Å². The molecule has 2 rings (SSSR count). The Hall–Kier alpha value is -3.01. The van der Waals surface area contributed by atoms with Crippen LogP contribution in [0.2, 0.25) is 0 Å². The summed E-state index contributed by atoms with van der Waals surface area (Å²) in [6.07, 6.45) is 0.868. The zero-order valence-corrected chi connectivity index (χ0v) is 20.1. The number of sulfonamides is 1. The number of carbonyl (C=O) groups is 2. The molecule has 0 heterocycles. The monoisotopic (exact) mass is 481 g/mol. The summed E-state index contributed by atoms with van der Waals surface area (Å²) in [5.74, 6) is -2.43. The highest BCUT2D eigenvalue weighted by Crippen LogP contribution is 2.22. The average Bonchev–Trinajstić information content (AvgIpc) is 2.69. The zero-order valence-electron chi connectivity index (χ0n) is 19.3. The Balaban J connectivity index is 2.41. The third-order valence-electron chi connectivity index (χ3n) is 4.73. The summed E-state index contributed by atoms with van der Waals surface area (Å²) in [6, 6.07) is 9.60. The van der Waals surface area contributed by atoms with Crippen molar-refractivity contribution in [2.75, 3.05) is 17.1 Å². The largest absolute Gasteiger partial charge is 0.350 e. The molecule has 0 bridgehead atoms. The van der Waals surface area contributed by atoms with Crippen molar-refractivity contribution in [3.8, 4) is 0 Å². The van der Waals surface area contributed by atoms with Gasteiger partial charge in [0.1, 0.15) is 24.2 Å². The lowest BCUT2D eigenvalue weighted by molar-refractivity contribution is -0.140. The highest BCUT2D eigenvalue weighted by molar-refractivity contribution is 7.92. The van der Waals surface area contributed by atoms with Gasteiger partial charge < -0.3 is 10.2 Å². The average molecular weight is 482 g/mol. The third kappa shape index (κ3) is 7.52. The van der Waals surface area contributed by atoms with E-state index in [1.165, 1.54) is 54.3 Å². The van der Waals surface area contributed by atoms with E-state index in [1.807, 2.05) is 0 Å². The number of halogens is 2. The van der Waals surface area contributed by atoms with E-state index >= 15 is 0 Å². The third-order valence-corrected chi connectivity index (χ3v) is 5.86. The number of nitrogens with one attached hydrogen (secondary N) is 1. The van der Waals surface area contributed by atoms with Crippen LogP contribution < -0.4 is 9.62 Å². The predicted octanol–water partition coefficient (Wildman–Crippen LogP) is 3.06. The Kier molecular flexibility index (Phi) is 8.18. The molecule has 0 aliphatic rings. The first-order valence-corrected chi connectivity index (χ1v) is 12.1. The molecule has 0 saturated carbocycles. The van der Waals surface area contributed by atoms with Crippen LogP contribution >= 0.6 is 0 Å². The van der Waals surface area contributed by atoms with Gasteiger partial charge in [-0.15, -0.1) is 0 Å². The van der Waals surface area contributed by atoms with E-state index in [9.17, 15) is 26.8 Å². The minimum atomic E-state index is -4.03. The van der Waals surface area contributed by atoms with Crippen LogP contribution in [-0.2, 0) is 26.2 Å². The highest BCUT2D eigenvalue weighted by atomic mass is 32.2. The minimum Gasteiger partial charge on any atom is -0.350 e. The van der Waals surface area contributed by atoms with Crippen molar-refractivity contribution in [1.29, 1.82) is 0 Å².